The molecule has 0 radical (unpaired) electrons. The lowest BCUT2D eigenvalue weighted by Crippen LogP contribution is -3.13. The van der Waals surface area contributed by atoms with E-state index in [0.29, 0.717) is 13.1 Å². The van der Waals surface area contributed by atoms with Crippen molar-refractivity contribution in [2.45, 2.75) is 38.1 Å². The molecule has 13 heteroatoms. The highest BCUT2D eigenvalue weighted by molar-refractivity contribution is 6.31. The number of quaternary nitrogens is 2. The summed E-state index contributed by atoms with van der Waals surface area (Å²) in [6.07, 6.45) is 3.73. The standard InChI is InChI=1S/C34H49ClN8O4/c1-43(2,3)21-18-38-29(44)22-26(39-34(45)30-32(36)41-33(37)31(35)40-30)23-42(19-6-8-24-10-14-27(46-4)15-11-24)20-7-9-25-12-16-28(47-5)17-13-25/h10-17,26H,6-9,18-23H2,1-5H3,(H5-,36,37,38,39,41,44,45)/p+2. The molecule has 3 aromatic rings. The molecule has 1 unspecified atom stereocenters. The molecule has 0 aliphatic carbocycles. The van der Waals surface area contributed by atoms with Crippen LogP contribution in [0.4, 0.5) is 11.6 Å². The number of carbonyl (C=O) groups is 2. The average molecular weight is 671 g/mol. The van der Waals surface area contributed by atoms with Crippen LogP contribution in [0.3, 0.4) is 0 Å². The van der Waals surface area contributed by atoms with Gasteiger partial charge in [-0.05, 0) is 48.2 Å². The number of aromatic nitrogens is 2. The number of nitrogens with two attached hydrogens (primary N) is 2. The molecule has 3 rings (SSSR count). The molecule has 1 heterocycles. The maximum Gasteiger partial charge on any atom is 0.274 e. The molecule has 0 saturated heterocycles. The number of anilines is 2. The summed E-state index contributed by atoms with van der Waals surface area (Å²) in [5.41, 5.74) is 14.0. The minimum atomic E-state index is -0.558. The van der Waals surface area contributed by atoms with Gasteiger partial charge in [-0.3, -0.25) is 9.59 Å². The van der Waals surface area contributed by atoms with Crippen molar-refractivity contribution >= 4 is 35.1 Å². The number of hydrogen-bond donors (Lipinski definition) is 5. The molecule has 47 heavy (non-hydrogen) atoms. The highest BCUT2D eigenvalue weighted by Crippen LogP contribution is 2.18. The summed E-state index contributed by atoms with van der Waals surface area (Å²) in [6.45, 7) is 3.51. The van der Waals surface area contributed by atoms with Crippen LogP contribution < -0.4 is 36.5 Å². The second-order valence-electron chi connectivity index (χ2n) is 12.7. The van der Waals surface area contributed by atoms with E-state index in [4.69, 9.17) is 32.5 Å². The molecule has 256 valence electrons. The lowest BCUT2D eigenvalue weighted by Gasteiger charge is -2.26. The van der Waals surface area contributed by atoms with Crippen molar-refractivity contribution in [3.8, 4) is 11.5 Å². The molecule has 7 N–H and O–H groups in total. The maximum atomic E-state index is 13.4. The van der Waals surface area contributed by atoms with Crippen LogP contribution in [0.2, 0.25) is 5.15 Å². The van der Waals surface area contributed by atoms with Gasteiger partial charge in [-0.1, -0.05) is 35.9 Å². The van der Waals surface area contributed by atoms with Gasteiger partial charge in [0.1, 0.15) is 11.5 Å². The largest absolute Gasteiger partial charge is 0.497 e. The van der Waals surface area contributed by atoms with Crippen LogP contribution in [0.25, 0.3) is 0 Å². The minimum Gasteiger partial charge on any atom is -0.497 e. The molecule has 0 bridgehead atoms. The zero-order valence-electron chi connectivity index (χ0n) is 28.3. The van der Waals surface area contributed by atoms with Crippen LogP contribution in [0.1, 0.15) is 40.9 Å². The van der Waals surface area contributed by atoms with E-state index in [0.717, 1.165) is 61.3 Å². The summed E-state index contributed by atoms with van der Waals surface area (Å²) < 4.78 is 11.3. The van der Waals surface area contributed by atoms with E-state index >= 15 is 0 Å². The average Bonchev–Trinajstić information content (AvgIpc) is 3.02. The molecule has 2 aromatic carbocycles. The van der Waals surface area contributed by atoms with Gasteiger partial charge in [0.15, 0.2) is 22.5 Å². The first-order valence-corrected chi connectivity index (χ1v) is 16.3. The Morgan fingerprint density at radius 1 is 0.872 bits per heavy atom. The van der Waals surface area contributed by atoms with Crippen molar-refractivity contribution in [3.63, 3.8) is 0 Å². The molecule has 1 atom stereocenters. The lowest BCUT2D eigenvalue weighted by atomic mass is 10.1. The van der Waals surface area contributed by atoms with Gasteiger partial charge in [0.25, 0.3) is 5.91 Å². The summed E-state index contributed by atoms with van der Waals surface area (Å²) in [6, 6.07) is 15.7. The summed E-state index contributed by atoms with van der Waals surface area (Å²) in [5, 5.41) is 5.89. The fourth-order valence-electron chi connectivity index (χ4n) is 5.21. The second-order valence-corrected chi connectivity index (χ2v) is 13.1. The number of carbonyl (C=O) groups excluding carboxylic acids is 2. The first kappa shape index (κ1) is 37.3. The van der Waals surface area contributed by atoms with Crippen molar-refractivity contribution < 1.29 is 28.4 Å². The normalized spacial score (nSPS) is 12.1. The smallest absolute Gasteiger partial charge is 0.274 e. The predicted octanol–water partition coefficient (Wildman–Crippen LogP) is 1.77. The first-order chi connectivity index (χ1) is 22.4. The highest BCUT2D eigenvalue weighted by Gasteiger charge is 2.25. The number of aryl methyl sites for hydroxylation is 2. The Balaban J connectivity index is 1.76. The number of halogens is 1. The van der Waals surface area contributed by atoms with Gasteiger partial charge in [-0.2, -0.15) is 0 Å². The third kappa shape index (κ3) is 13.3. The van der Waals surface area contributed by atoms with Crippen LogP contribution in [0.15, 0.2) is 48.5 Å². The predicted molar refractivity (Wildman–Crippen MR) is 186 cm³/mol. The highest BCUT2D eigenvalue weighted by atomic mass is 35.5. The minimum absolute atomic E-state index is 0.0572. The van der Waals surface area contributed by atoms with Gasteiger partial charge >= 0.3 is 0 Å². The summed E-state index contributed by atoms with van der Waals surface area (Å²) in [4.78, 5) is 35.8. The van der Waals surface area contributed by atoms with Crippen molar-refractivity contribution in [1.82, 2.24) is 20.6 Å². The van der Waals surface area contributed by atoms with Gasteiger partial charge in [0.05, 0.1) is 80.5 Å². The molecule has 0 aliphatic heterocycles. The molecule has 0 fully saturated rings. The van der Waals surface area contributed by atoms with E-state index in [9.17, 15) is 9.59 Å². The summed E-state index contributed by atoms with van der Waals surface area (Å²) in [7, 11) is 9.51. The summed E-state index contributed by atoms with van der Waals surface area (Å²) in [5.74, 6) is 0.763. The Hall–Kier alpha value is -4.13. The number of likely N-dealkylation sites (N-methyl/N-ethyl adjacent to an activating group) is 1. The van der Waals surface area contributed by atoms with Crippen LogP contribution in [0, 0.1) is 0 Å². The van der Waals surface area contributed by atoms with Crippen LogP contribution in [-0.2, 0) is 17.6 Å². The van der Waals surface area contributed by atoms with E-state index in [1.54, 1.807) is 14.2 Å². The first-order valence-electron chi connectivity index (χ1n) is 15.9. The Bertz CT molecular complexity index is 1380. The van der Waals surface area contributed by atoms with E-state index in [2.05, 4.69) is 66.0 Å². The fourth-order valence-corrected chi connectivity index (χ4v) is 5.34. The van der Waals surface area contributed by atoms with Crippen LogP contribution >= 0.6 is 11.6 Å². The number of nitrogens with zero attached hydrogens (tertiary/aromatic N) is 3. The maximum absolute atomic E-state index is 13.4. The number of methoxy groups -OCH3 is 2. The Morgan fingerprint density at radius 2 is 1.40 bits per heavy atom. The van der Waals surface area contributed by atoms with Crippen LogP contribution in [-0.4, -0.2) is 100 Å². The molecule has 0 spiro atoms. The molecule has 1 aromatic heterocycles. The zero-order chi connectivity index (χ0) is 34.4. The lowest BCUT2D eigenvalue weighted by molar-refractivity contribution is -0.901. The van der Waals surface area contributed by atoms with Crippen molar-refractivity contribution in [2.24, 2.45) is 0 Å². The quantitative estimate of drug-likeness (QED) is 0.121. The number of ether oxygens (including phenoxy) is 2. The topological polar surface area (TPSA) is 159 Å². The van der Waals surface area contributed by atoms with Gasteiger partial charge in [-0.15, -0.1) is 0 Å². The third-order valence-electron chi connectivity index (χ3n) is 7.84. The molecular weight excluding hydrogens is 620 g/mol. The number of amides is 2. The van der Waals surface area contributed by atoms with E-state index in [1.807, 2.05) is 24.3 Å². The van der Waals surface area contributed by atoms with Gasteiger partial charge in [0, 0.05) is 12.8 Å². The number of rotatable bonds is 19. The zero-order valence-corrected chi connectivity index (χ0v) is 29.0. The fraction of sp³-hybridized carbons (Fsp3) is 0.471. The number of benzene rings is 2. The van der Waals surface area contributed by atoms with Crippen molar-refractivity contribution in [2.75, 3.05) is 79.6 Å². The molecular formula is C34H51ClN8O4+2. The van der Waals surface area contributed by atoms with Gasteiger partial charge in [0.2, 0.25) is 5.91 Å². The van der Waals surface area contributed by atoms with Gasteiger partial charge in [-0.25, -0.2) is 9.97 Å². The van der Waals surface area contributed by atoms with E-state index in [1.165, 1.54) is 16.0 Å². The summed E-state index contributed by atoms with van der Waals surface area (Å²) >= 11 is 6.06. The third-order valence-corrected chi connectivity index (χ3v) is 8.11. The molecule has 0 aliphatic rings. The number of nitrogens with one attached hydrogen (secondary N) is 3. The SMILES string of the molecule is COc1ccc(CCC[NH+](CCCc2ccc(OC)cc2)CC(CC(=O)NCC[N+](C)(C)C)NC(=O)c2nc(Cl)c(N)nc2N)cc1. The van der Waals surface area contributed by atoms with Gasteiger partial charge < -0.3 is 41.0 Å². The second kappa shape index (κ2) is 18.3. The van der Waals surface area contributed by atoms with Crippen molar-refractivity contribution in [3.05, 3.63) is 70.5 Å². The molecule has 2 amide bonds. The number of hydrogen-bond acceptors (Lipinski definition) is 8. The Labute approximate surface area is 283 Å². The molecule has 0 saturated carbocycles. The van der Waals surface area contributed by atoms with E-state index in [-0.39, 0.29) is 34.8 Å². The Kier molecular flexibility index (Phi) is 14.5. The van der Waals surface area contributed by atoms with Crippen LogP contribution in [0.5, 0.6) is 11.5 Å². The van der Waals surface area contributed by atoms with Crippen molar-refractivity contribution in [1.29, 1.82) is 0 Å². The number of nitrogen functional groups attached to an aromatic ring is 2. The Morgan fingerprint density at radius 3 is 1.89 bits per heavy atom. The molecule has 12 nitrogen and oxygen atoms in total. The monoisotopic (exact) mass is 670 g/mol. The van der Waals surface area contributed by atoms with E-state index < -0.39 is 11.9 Å².